The van der Waals surface area contributed by atoms with Crippen LogP contribution in [0.5, 0.6) is 0 Å². The number of aryl methyl sites for hydroxylation is 1. The zero-order valence-corrected chi connectivity index (χ0v) is 14.4. The number of hydrogen-bond donors (Lipinski definition) is 2. The zero-order valence-electron chi connectivity index (χ0n) is 12.0. The number of hydrogen-bond acceptors (Lipinski definition) is 2. The smallest absolute Gasteiger partial charge is 0.170 e. The van der Waals surface area contributed by atoms with E-state index in [0.717, 1.165) is 12.3 Å². The summed E-state index contributed by atoms with van der Waals surface area (Å²) in [6.45, 7) is 2.81. The Morgan fingerprint density at radius 3 is 2.64 bits per heavy atom. The highest BCUT2D eigenvalue weighted by Crippen LogP contribution is 2.19. The number of thiocarbonyl (C=S) groups is 1. The van der Waals surface area contributed by atoms with E-state index in [1.807, 2.05) is 0 Å². The molecular weight excluding hydrogens is 339 g/mol. The Morgan fingerprint density at radius 2 is 1.95 bits per heavy atom. The number of thioether (sulfide) groups is 1. The van der Waals surface area contributed by atoms with Crippen LogP contribution in [-0.4, -0.2) is 17.4 Å². The van der Waals surface area contributed by atoms with Crippen molar-refractivity contribution in [2.24, 2.45) is 0 Å². The lowest BCUT2D eigenvalue weighted by Crippen LogP contribution is -2.30. The van der Waals surface area contributed by atoms with Gasteiger partial charge in [-0.2, -0.15) is 0 Å². The van der Waals surface area contributed by atoms with Crippen molar-refractivity contribution in [1.82, 2.24) is 5.32 Å². The molecule has 0 saturated carbocycles. The summed E-state index contributed by atoms with van der Waals surface area (Å²) in [4.78, 5) is 1.23. The van der Waals surface area contributed by atoms with Crippen molar-refractivity contribution in [3.8, 4) is 0 Å². The van der Waals surface area contributed by atoms with Gasteiger partial charge < -0.3 is 10.6 Å². The third kappa shape index (κ3) is 5.48. The monoisotopic (exact) mass is 354 g/mol. The second kappa shape index (κ2) is 8.36. The van der Waals surface area contributed by atoms with Crippen LogP contribution in [0.15, 0.2) is 47.4 Å². The third-order valence-electron chi connectivity index (χ3n) is 2.85. The molecule has 0 atom stereocenters. The average Bonchev–Trinajstić information content (AvgIpc) is 2.49. The minimum atomic E-state index is -0.444. The molecule has 2 nitrogen and oxygen atoms in total. The molecule has 0 heterocycles. The van der Waals surface area contributed by atoms with Crippen molar-refractivity contribution >= 4 is 46.4 Å². The highest BCUT2D eigenvalue weighted by Gasteiger charge is 2.02. The molecule has 0 saturated heterocycles. The van der Waals surface area contributed by atoms with Gasteiger partial charge in [-0.1, -0.05) is 29.3 Å². The molecule has 0 aromatic heterocycles. The van der Waals surface area contributed by atoms with Crippen molar-refractivity contribution in [1.29, 1.82) is 0 Å². The highest BCUT2D eigenvalue weighted by molar-refractivity contribution is 7.99. The first-order valence-electron chi connectivity index (χ1n) is 6.74. The Bertz CT molecular complexity index is 647. The fourth-order valence-electron chi connectivity index (χ4n) is 1.72. The largest absolute Gasteiger partial charge is 0.362 e. The minimum Gasteiger partial charge on any atom is -0.362 e. The van der Waals surface area contributed by atoms with E-state index in [9.17, 15) is 4.39 Å². The maximum atomic E-state index is 13.1. The molecule has 0 bridgehead atoms. The standard InChI is InChI=1S/C16H16ClFN2S2/c1-11-2-5-13(6-3-11)22-9-8-19-16(21)20-12-4-7-15(18)14(17)10-12/h2-7,10H,8-9H2,1H3,(H2,19,20,21). The van der Waals surface area contributed by atoms with E-state index in [0.29, 0.717) is 10.8 Å². The van der Waals surface area contributed by atoms with Gasteiger partial charge in [-0.3, -0.25) is 0 Å². The van der Waals surface area contributed by atoms with Gasteiger partial charge in [0, 0.05) is 22.9 Å². The van der Waals surface area contributed by atoms with Crippen molar-refractivity contribution in [3.05, 3.63) is 58.9 Å². The van der Waals surface area contributed by atoms with Crippen LogP contribution in [0.3, 0.4) is 0 Å². The summed E-state index contributed by atoms with van der Waals surface area (Å²) in [6.07, 6.45) is 0. The molecule has 0 aliphatic rings. The summed E-state index contributed by atoms with van der Waals surface area (Å²) in [5.41, 5.74) is 1.92. The van der Waals surface area contributed by atoms with Gasteiger partial charge in [0.1, 0.15) is 5.82 Å². The number of halogens is 2. The summed E-state index contributed by atoms with van der Waals surface area (Å²) in [5.74, 6) is 0.454. The Labute approximate surface area is 144 Å². The minimum absolute atomic E-state index is 0.0720. The quantitative estimate of drug-likeness (QED) is 0.454. The maximum Gasteiger partial charge on any atom is 0.170 e. The first kappa shape index (κ1) is 17.1. The molecule has 0 radical (unpaired) electrons. The lowest BCUT2D eigenvalue weighted by atomic mass is 10.2. The van der Waals surface area contributed by atoms with Crippen LogP contribution in [0.4, 0.5) is 10.1 Å². The topological polar surface area (TPSA) is 24.1 Å². The van der Waals surface area contributed by atoms with Gasteiger partial charge in [0.05, 0.1) is 5.02 Å². The van der Waals surface area contributed by atoms with E-state index in [1.165, 1.54) is 22.6 Å². The van der Waals surface area contributed by atoms with Gasteiger partial charge in [0.25, 0.3) is 0 Å². The molecule has 2 aromatic rings. The SMILES string of the molecule is Cc1ccc(SCCNC(=S)Nc2ccc(F)c(Cl)c2)cc1. The lowest BCUT2D eigenvalue weighted by molar-refractivity contribution is 0.628. The van der Waals surface area contributed by atoms with Crippen LogP contribution in [0.25, 0.3) is 0 Å². The molecule has 2 rings (SSSR count). The van der Waals surface area contributed by atoms with Crippen molar-refractivity contribution in [2.45, 2.75) is 11.8 Å². The van der Waals surface area contributed by atoms with E-state index in [1.54, 1.807) is 17.8 Å². The van der Waals surface area contributed by atoms with Crippen molar-refractivity contribution in [3.63, 3.8) is 0 Å². The normalized spacial score (nSPS) is 10.3. The molecule has 0 fully saturated rings. The lowest BCUT2D eigenvalue weighted by Gasteiger charge is -2.11. The summed E-state index contributed by atoms with van der Waals surface area (Å²) in [6, 6.07) is 12.8. The van der Waals surface area contributed by atoms with Gasteiger partial charge >= 0.3 is 0 Å². The van der Waals surface area contributed by atoms with Crippen LogP contribution in [0.2, 0.25) is 5.02 Å². The molecule has 2 N–H and O–H groups in total. The molecule has 0 aliphatic carbocycles. The average molecular weight is 355 g/mol. The zero-order chi connectivity index (χ0) is 15.9. The van der Waals surface area contributed by atoms with Gasteiger partial charge in [-0.05, 0) is 49.5 Å². The van der Waals surface area contributed by atoms with E-state index < -0.39 is 5.82 Å². The molecular formula is C16H16ClFN2S2. The molecule has 22 heavy (non-hydrogen) atoms. The second-order valence-corrected chi connectivity index (χ2v) is 6.66. The number of rotatable bonds is 5. The number of nitrogens with one attached hydrogen (secondary N) is 2. The molecule has 2 aromatic carbocycles. The number of anilines is 1. The second-order valence-electron chi connectivity index (χ2n) is 4.67. The molecule has 0 aliphatic heterocycles. The summed E-state index contributed by atoms with van der Waals surface area (Å²) in [7, 11) is 0. The first-order chi connectivity index (χ1) is 10.5. The van der Waals surface area contributed by atoms with Crippen LogP contribution in [-0.2, 0) is 0 Å². The predicted molar refractivity (Wildman–Crippen MR) is 97.5 cm³/mol. The van der Waals surface area contributed by atoms with Gasteiger partial charge in [0.2, 0.25) is 0 Å². The summed E-state index contributed by atoms with van der Waals surface area (Å²) < 4.78 is 13.1. The maximum absolute atomic E-state index is 13.1. The van der Waals surface area contributed by atoms with Gasteiger partial charge in [-0.25, -0.2) is 4.39 Å². The Balaban J connectivity index is 1.71. The third-order valence-corrected chi connectivity index (χ3v) is 4.40. The van der Waals surface area contributed by atoms with Crippen LogP contribution in [0.1, 0.15) is 5.56 Å². The fraction of sp³-hybridized carbons (Fsp3) is 0.188. The van der Waals surface area contributed by atoms with Crippen LogP contribution < -0.4 is 10.6 Å². The predicted octanol–water partition coefficient (Wildman–Crippen LogP) is 4.87. The molecule has 6 heteroatoms. The van der Waals surface area contributed by atoms with E-state index in [2.05, 4.69) is 41.8 Å². The fourth-order valence-corrected chi connectivity index (χ4v) is 2.89. The van der Waals surface area contributed by atoms with Crippen molar-refractivity contribution in [2.75, 3.05) is 17.6 Å². The molecule has 0 amide bonds. The van der Waals surface area contributed by atoms with Crippen molar-refractivity contribution < 1.29 is 4.39 Å². The summed E-state index contributed by atoms with van der Waals surface area (Å²) in [5, 5.41) is 6.65. The molecule has 0 unspecified atom stereocenters. The van der Waals surface area contributed by atoms with Gasteiger partial charge in [-0.15, -0.1) is 11.8 Å². The molecule has 0 spiro atoms. The van der Waals surface area contributed by atoms with Crippen LogP contribution in [0, 0.1) is 12.7 Å². The van der Waals surface area contributed by atoms with E-state index >= 15 is 0 Å². The van der Waals surface area contributed by atoms with Crippen LogP contribution >= 0.6 is 35.6 Å². The number of benzene rings is 2. The van der Waals surface area contributed by atoms with E-state index in [-0.39, 0.29) is 5.02 Å². The first-order valence-corrected chi connectivity index (χ1v) is 8.51. The highest BCUT2D eigenvalue weighted by atomic mass is 35.5. The Hall–Kier alpha value is -1.30. The summed E-state index contributed by atoms with van der Waals surface area (Å²) >= 11 is 12.7. The Morgan fingerprint density at radius 1 is 1.23 bits per heavy atom. The van der Waals surface area contributed by atoms with E-state index in [4.69, 9.17) is 23.8 Å². The molecule has 116 valence electrons. The Kier molecular flexibility index (Phi) is 6.49. The van der Waals surface area contributed by atoms with Gasteiger partial charge in [0.15, 0.2) is 5.11 Å².